The quantitative estimate of drug-likeness (QED) is 0.200. The van der Waals surface area contributed by atoms with Crippen LogP contribution in [0.15, 0.2) is 77.7 Å². The van der Waals surface area contributed by atoms with Crippen molar-refractivity contribution in [1.82, 2.24) is 0 Å². The van der Waals surface area contributed by atoms with Gasteiger partial charge in [0.05, 0.1) is 15.5 Å². The van der Waals surface area contributed by atoms with Crippen molar-refractivity contribution in [2.24, 2.45) is 0 Å². The van der Waals surface area contributed by atoms with Crippen molar-refractivity contribution in [2.75, 3.05) is 4.90 Å². The maximum Gasteiger partial charge on any atom is 0.271 e. The van der Waals surface area contributed by atoms with Crippen LogP contribution in [-0.4, -0.2) is 15.2 Å². The summed E-state index contributed by atoms with van der Waals surface area (Å²) in [7, 11) is 0. The lowest BCUT2D eigenvalue weighted by molar-refractivity contribution is -0.384. The van der Waals surface area contributed by atoms with Crippen LogP contribution >= 0.6 is 24.0 Å². The van der Waals surface area contributed by atoms with E-state index in [0.717, 1.165) is 17.3 Å². The number of nitro benzene ring substituents is 1. The van der Waals surface area contributed by atoms with E-state index in [1.165, 1.54) is 29.2 Å². The molecular formula is C23H15FN2O4S2. The van der Waals surface area contributed by atoms with Gasteiger partial charge in [-0.3, -0.25) is 19.8 Å². The number of non-ortho nitro benzene ring substituents is 1. The second-order valence-corrected chi connectivity index (χ2v) is 8.42. The van der Waals surface area contributed by atoms with Crippen molar-refractivity contribution < 1.29 is 18.8 Å². The van der Waals surface area contributed by atoms with Gasteiger partial charge in [-0.05, 0) is 35.9 Å². The fraction of sp³-hybridized carbons (Fsp3) is 0.0435. The summed E-state index contributed by atoms with van der Waals surface area (Å²) in [5, 5.41) is 11.0. The Morgan fingerprint density at radius 2 is 1.84 bits per heavy atom. The summed E-state index contributed by atoms with van der Waals surface area (Å²) >= 11 is 6.45. The molecule has 0 aliphatic carbocycles. The molecule has 0 aromatic heterocycles. The van der Waals surface area contributed by atoms with Crippen LogP contribution in [0.3, 0.4) is 0 Å². The van der Waals surface area contributed by atoms with Crippen LogP contribution in [0.2, 0.25) is 0 Å². The molecule has 3 aromatic carbocycles. The molecule has 0 bridgehead atoms. The summed E-state index contributed by atoms with van der Waals surface area (Å²) in [5.41, 5.74) is 1.44. The molecule has 1 aliphatic rings. The van der Waals surface area contributed by atoms with Crippen LogP contribution in [0.1, 0.15) is 11.1 Å². The zero-order chi connectivity index (χ0) is 22.7. The van der Waals surface area contributed by atoms with Crippen molar-refractivity contribution >= 4 is 51.7 Å². The zero-order valence-corrected chi connectivity index (χ0v) is 18.1. The van der Waals surface area contributed by atoms with Gasteiger partial charge in [-0.15, -0.1) is 0 Å². The number of hydrogen-bond acceptors (Lipinski definition) is 6. The normalized spacial score (nSPS) is 14.8. The average Bonchev–Trinajstić information content (AvgIpc) is 3.07. The predicted octanol–water partition coefficient (Wildman–Crippen LogP) is 5.72. The first kappa shape index (κ1) is 21.7. The highest BCUT2D eigenvalue weighted by atomic mass is 32.2. The molecule has 0 radical (unpaired) electrons. The Kier molecular flexibility index (Phi) is 6.29. The molecule has 1 heterocycles. The molecule has 4 rings (SSSR count). The van der Waals surface area contributed by atoms with E-state index in [0.29, 0.717) is 26.2 Å². The molecule has 0 unspecified atom stereocenters. The zero-order valence-electron chi connectivity index (χ0n) is 16.4. The number of anilines is 1. The van der Waals surface area contributed by atoms with Crippen LogP contribution in [-0.2, 0) is 11.4 Å². The Morgan fingerprint density at radius 1 is 1.09 bits per heavy atom. The Labute approximate surface area is 192 Å². The highest BCUT2D eigenvalue weighted by Gasteiger charge is 2.33. The largest absolute Gasteiger partial charge is 0.489 e. The lowest BCUT2D eigenvalue weighted by Gasteiger charge is -2.13. The van der Waals surface area contributed by atoms with Crippen LogP contribution in [0.25, 0.3) is 6.08 Å². The smallest absolute Gasteiger partial charge is 0.271 e. The SMILES string of the molecule is O=C1/C(=C\c2ccc(OCc3ccccc3F)cc2)SC(=S)N1c1cccc([N+](=O)[O-])c1. The van der Waals surface area contributed by atoms with Crippen LogP contribution in [0, 0.1) is 15.9 Å². The Balaban J connectivity index is 1.47. The van der Waals surface area contributed by atoms with Gasteiger partial charge < -0.3 is 4.74 Å². The second kappa shape index (κ2) is 9.29. The van der Waals surface area contributed by atoms with Crippen LogP contribution in [0.5, 0.6) is 5.75 Å². The monoisotopic (exact) mass is 466 g/mol. The summed E-state index contributed by atoms with van der Waals surface area (Å²) in [6.07, 6.45) is 1.69. The fourth-order valence-electron chi connectivity index (χ4n) is 3.02. The fourth-order valence-corrected chi connectivity index (χ4v) is 4.32. The second-order valence-electron chi connectivity index (χ2n) is 6.74. The number of thiocarbonyl (C=S) groups is 1. The molecule has 1 amide bonds. The molecule has 0 atom stereocenters. The van der Waals surface area contributed by atoms with Gasteiger partial charge in [0.2, 0.25) is 0 Å². The minimum atomic E-state index is -0.521. The molecule has 9 heteroatoms. The molecule has 0 N–H and O–H groups in total. The van der Waals surface area contributed by atoms with Gasteiger partial charge in [-0.25, -0.2) is 4.39 Å². The van der Waals surface area contributed by atoms with E-state index in [1.54, 1.807) is 54.6 Å². The third-order valence-corrected chi connectivity index (χ3v) is 5.92. The first-order valence-corrected chi connectivity index (χ1v) is 10.6. The van der Waals surface area contributed by atoms with E-state index in [4.69, 9.17) is 17.0 Å². The van der Waals surface area contributed by atoms with Crippen molar-refractivity contribution in [3.8, 4) is 5.75 Å². The number of thioether (sulfide) groups is 1. The molecule has 6 nitrogen and oxygen atoms in total. The van der Waals surface area contributed by atoms with E-state index in [9.17, 15) is 19.3 Å². The minimum Gasteiger partial charge on any atom is -0.489 e. The van der Waals surface area contributed by atoms with Gasteiger partial charge in [0.1, 0.15) is 18.2 Å². The van der Waals surface area contributed by atoms with Gasteiger partial charge in [0, 0.05) is 17.7 Å². The number of carbonyl (C=O) groups excluding carboxylic acids is 1. The van der Waals surface area contributed by atoms with Crippen molar-refractivity contribution in [2.45, 2.75) is 6.61 Å². The summed E-state index contributed by atoms with van der Waals surface area (Å²) in [4.78, 5) is 25.1. The van der Waals surface area contributed by atoms with E-state index in [1.807, 2.05) is 0 Å². The number of rotatable bonds is 6. The highest BCUT2D eigenvalue weighted by Crippen LogP contribution is 2.37. The van der Waals surface area contributed by atoms with Gasteiger partial charge >= 0.3 is 0 Å². The van der Waals surface area contributed by atoms with E-state index < -0.39 is 4.92 Å². The lowest BCUT2D eigenvalue weighted by atomic mass is 10.2. The Bertz CT molecular complexity index is 1240. The van der Waals surface area contributed by atoms with Gasteiger partial charge in [0.15, 0.2) is 4.32 Å². The Morgan fingerprint density at radius 3 is 2.56 bits per heavy atom. The molecule has 0 spiro atoms. The predicted molar refractivity (Wildman–Crippen MR) is 126 cm³/mol. The molecule has 32 heavy (non-hydrogen) atoms. The number of nitrogens with zero attached hydrogens (tertiary/aromatic N) is 2. The number of nitro groups is 1. The highest BCUT2D eigenvalue weighted by molar-refractivity contribution is 8.27. The van der Waals surface area contributed by atoms with Crippen LogP contribution in [0.4, 0.5) is 15.8 Å². The summed E-state index contributed by atoms with van der Waals surface area (Å²) < 4.78 is 19.6. The summed E-state index contributed by atoms with van der Waals surface area (Å²) in [5.74, 6) is -0.107. The number of carbonyl (C=O) groups is 1. The first-order valence-electron chi connectivity index (χ1n) is 9.41. The third kappa shape index (κ3) is 4.68. The molecular weight excluding hydrogens is 451 g/mol. The molecule has 160 valence electrons. The maximum atomic E-state index is 13.7. The third-order valence-electron chi connectivity index (χ3n) is 4.62. The minimum absolute atomic E-state index is 0.105. The number of halogens is 1. The molecule has 1 saturated heterocycles. The number of amides is 1. The maximum absolute atomic E-state index is 13.7. The average molecular weight is 467 g/mol. The van der Waals surface area contributed by atoms with Gasteiger partial charge in [-0.1, -0.05) is 60.4 Å². The van der Waals surface area contributed by atoms with Crippen molar-refractivity contribution in [3.63, 3.8) is 0 Å². The van der Waals surface area contributed by atoms with E-state index in [-0.39, 0.29) is 24.0 Å². The van der Waals surface area contributed by atoms with Gasteiger partial charge in [0.25, 0.3) is 11.6 Å². The number of benzene rings is 3. The lowest BCUT2D eigenvalue weighted by Crippen LogP contribution is -2.27. The number of hydrogen-bond donors (Lipinski definition) is 0. The summed E-state index contributed by atoms with van der Waals surface area (Å²) in [6, 6.07) is 19.2. The first-order chi connectivity index (χ1) is 15.4. The van der Waals surface area contributed by atoms with Gasteiger partial charge in [-0.2, -0.15) is 0 Å². The topological polar surface area (TPSA) is 72.7 Å². The van der Waals surface area contributed by atoms with Crippen LogP contribution < -0.4 is 9.64 Å². The standard InChI is InChI=1S/C23H15FN2O4S2/c24-20-7-2-1-4-16(20)14-30-19-10-8-15(9-11-19)12-21-22(27)25(23(31)32-21)17-5-3-6-18(13-17)26(28)29/h1-13H,14H2/b21-12+. The van der Waals surface area contributed by atoms with E-state index in [2.05, 4.69) is 0 Å². The molecule has 1 fully saturated rings. The number of ether oxygens (including phenoxy) is 1. The molecule has 3 aromatic rings. The molecule has 1 aliphatic heterocycles. The summed E-state index contributed by atoms with van der Waals surface area (Å²) in [6.45, 7) is 0.105. The van der Waals surface area contributed by atoms with Crippen molar-refractivity contribution in [1.29, 1.82) is 0 Å². The van der Waals surface area contributed by atoms with E-state index >= 15 is 0 Å². The van der Waals surface area contributed by atoms with Crippen molar-refractivity contribution in [3.05, 3.63) is 105 Å². The Hall–Kier alpha value is -3.56. The molecule has 0 saturated carbocycles.